The second-order valence-corrected chi connectivity index (χ2v) is 8.11. The number of benzene rings is 1. The summed E-state index contributed by atoms with van der Waals surface area (Å²) >= 11 is 0. The van der Waals surface area contributed by atoms with E-state index in [4.69, 9.17) is 0 Å². The summed E-state index contributed by atoms with van der Waals surface area (Å²) in [4.78, 5) is 28.3. The predicted octanol–water partition coefficient (Wildman–Crippen LogP) is 2.89. The number of piperidine rings is 1. The van der Waals surface area contributed by atoms with E-state index in [9.17, 15) is 9.59 Å². The Bertz CT molecular complexity index is 928. The van der Waals surface area contributed by atoms with Crippen LogP contribution in [0, 0.1) is 6.92 Å². The topological polar surface area (TPSA) is 67.2 Å². The molecule has 28 heavy (non-hydrogen) atoms. The summed E-state index contributed by atoms with van der Waals surface area (Å²) in [5, 5.41) is 8.12. The highest BCUT2D eigenvalue weighted by atomic mass is 35.5. The molecule has 2 bridgehead atoms. The molecule has 7 heteroatoms. The number of hydrogen-bond donors (Lipinski definition) is 1. The van der Waals surface area contributed by atoms with E-state index < -0.39 is 0 Å². The fourth-order valence-corrected chi connectivity index (χ4v) is 4.71. The van der Waals surface area contributed by atoms with Crippen molar-refractivity contribution in [3.05, 3.63) is 39.7 Å². The minimum atomic E-state index is -0.332. The summed E-state index contributed by atoms with van der Waals surface area (Å²) in [5.41, 5.74) is 1.63. The van der Waals surface area contributed by atoms with Crippen LogP contribution in [-0.2, 0) is 6.54 Å². The van der Waals surface area contributed by atoms with E-state index in [1.807, 2.05) is 25.1 Å². The summed E-state index contributed by atoms with van der Waals surface area (Å²) < 4.78 is 1.80. The first-order valence-corrected chi connectivity index (χ1v) is 10.0. The Morgan fingerprint density at radius 1 is 1.25 bits per heavy atom. The Kier molecular flexibility index (Phi) is 6.10. The number of nitrogens with zero attached hydrogens (tertiary/aromatic N) is 3. The van der Waals surface area contributed by atoms with Gasteiger partial charge < -0.3 is 10.2 Å². The number of aryl methyl sites for hydroxylation is 2. The fourth-order valence-electron chi connectivity index (χ4n) is 4.71. The second kappa shape index (κ2) is 8.21. The van der Waals surface area contributed by atoms with Crippen molar-refractivity contribution in [3.63, 3.8) is 0 Å². The van der Waals surface area contributed by atoms with Crippen LogP contribution in [-0.4, -0.2) is 45.8 Å². The van der Waals surface area contributed by atoms with Crippen molar-refractivity contribution in [2.24, 2.45) is 0 Å². The van der Waals surface area contributed by atoms with Gasteiger partial charge in [0.25, 0.3) is 5.91 Å². The minimum Gasteiger partial charge on any atom is -0.348 e. The number of nitrogens with one attached hydrogen (secondary N) is 1. The van der Waals surface area contributed by atoms with Crippen molar-refractivity contribution in [3.8, 4) is 0 Å². The molecule has 4 rings (SSSR count). The number of aromatic nitrogens is 2. The van der Waals surface area contributed by atoms with E-state index in [2.05, 4.69) is 29.3 Å². The first-order valence-electron chi connectivity index (χ1n) is 10.0. The zero-order valence-electron chi connectivity index (χ0n) is 16.8. The average molecular weight is 405 g/mol. The molecule has 3 atom stereocenters. The van der Waals surface area contributed by atoms with Crippen LogP contribution < -0.4 is 10.7 Å². The summed E-state index contributed by atoms with van der Waals surface area (Å²) in [6, 6.07) is 6.90. The molecule has 1 amide bonds. The molecule has 3 heterocycles. The highest BCUT2D eigenvalue weighted by molar-refractivity contribution is 5.95. The highest BCUT2D eigenvalue weighted by Crippen LogP contribution is 2.34. The maximum atomic E-state index is 12.9. The monoisotopic (exact) mass is 404 g/mol. The Hall–Kier alpha value is -1.92. The number of halogens is 1. The number of carbonyl (C=O) groups excluding carboxylic acids is 1. The van der Waals surface area contributed by atoms with Crippen LogP contribution >= 0.6 is 12.4 Å². The molecule has 1 aromatic carbocycles. The van der Waals surface area contributed by atoms with Crippen LogP contribution in [0.1, 0.15) is 55.1 Å². The fraction of sp³-hybridized carbons (Fsp3) is 0.571. The van der Waals surface area contributed by atoms with Crippen LogP contribution in [0.5, 0.6) is 0 Å². The molecule has 2 aliphatic rings. The van der Waals surface area contributed by atoms with Gasteiger partial charge in [-0.2, -0.15) is 5.10 Å². The standard InChI is InChI=1S/C21H28N4O2.ClH/c1-4-9-25-18-10-13(2)5-8-17(18)20(26)19(23-25)21(27)22-14-11-15-6-7-16(12-14)24(15)3;/h5,8,10,14-16H,4,6-7,9,11-12H2,1-3H3,(H,22,27);1H/t14?,15-,16+;. The molecule has 0 saturated carbocycles. The van der Waals surface area contributed by atoms with E-state index in [1.165, 1.54) is 12.8 Å². The van der Waals surface area contributed by atoms with E-state index in [0.29, 0.717) is 24.0 Å². The lowest BCUT2D eigenvalue weighted by molar-refractivity contribution is 0.0874. The van der Waals surface area contributed by atoms with Crippen LogP contribution in [0.15, 0.2) is 23.0 Å². The maximum Gasteiger partial charge on any atom is 0.276 e. The molecule has 152 valence electrons. The molecule has 2 aromatic rings. The first-order chi connectivity index (χ1) is 13.0. The molecular weight excluding hydrogens is 376 g/mol. The Labute approximate surface area is 171 Å². The quantitative estimate of drug-likeness (QED) is 0.850. The van der Waals surface area contributed by atoms with E-state index >= 15 is 0 Å². The van der Waals surface area contributed by atoms with E-state index in [1.54, 1.807) is 4.68 Å². The lowest BCUT2D eigenvalue weighted by atomic mass is 9.98. The van der Waals surface area contributed by atoms with E-state index in [-0.39, 0.29) is 35.5 Å². The SMILES string of the molecule is CCCn1nc(C(=O)NC2C[C@H]3CC[C@@H](C2)N3C)c(=O)c2ccc(C)cc21.Cl. The zero-order chi connectivity index (χ0) is 19.1. The number of amides is 1. The van der Waals surface area contributed by atoms with Crippen molar-refractivity contribution in [1.82, 2.24) is 20.0 Å². The lowest BCUT2D eigenvalue weighted by Gasteiger charge is -2.36. The van der Waals surface area contributed by atoms with Gasteiger partial charge in [-0.05, 0) is 63.8 Å². The van der Waals surface area contributed by atoms with Gasteiger partial charge in [-0.25, -0.2) is 0 Å². The average Bonchev–Trinajstić information content (AvgIpc) is 2.85. The third kappa shape index (κ3) is 3.67. The zero-order valence-corrected chi connectivity index (χ0v) is 17.6. The van der Waals surface area contributed by atoms with E-state index in [0.717, 1.165) is 30.3 Å². The minimum absolute atomic E-state index is 0. The Morgan fingerprint density at radius 2 is 1.93 bits per heavy atom. The van der Waals surface area contributed by atoms with Gasteiger partial charge in [0.1, 0.15) is 0 Å². The molecule has 2 saturated heterocycles. The molecule has 1 unspecified atom stereocenters. The second-order valence-electron chi connectivity index (χ2n) is 8.11. The summed E-state index contributed by atoms with van der Waals surface area (Å²) in [5.74, 6) is -0.332. The number of hydrogen-bond acceptors (Lipinski definition) is 4. The van der Waals surface area contributed by atoms with Crippen LogP contribution in [0.25, 0.3) is 10.9 Å². The molecular formula is C21H29ClN4O2. The summed E-state index contributed by atoms with van der Waals surface area (Å²) in [6.07, 6.45) is 5.19. The number of fused-ring (bicyclic) bond motifs is 3. The third-order valence-corrected chi connectivity index (χ3v) is 6.20. The molecule has 2 aliphatic heterocycles. The van der Waals surface area contributed by atoms with Gasteiger partial charge >= 0.3 is 0 Å². The van der Waals surface area contributed by atoms with Crippen molar-refractivity contribution >= 4 is 29.2 Å². The van der Waals surface area contributed by atoms with Gasteiger partial charge in [0.15, 0.2) is 5.69 Å². The Balaban J connectivity index is 0.00000225. The molecule has 0 aliphatic carbocycles. The van der Waals surface area contributed by atoms with Crippen molar-refractivity contribution in [1.29, 1.82) is 0 Å². The van der Waals surface area contributed by atoms with Gasteiger partial charge in [-0.1, -0.05) is 13.0 Å². The van der Waals surface area contributed by atoms with Crippen molar-refractivity contribution in [2.75, 3.05) is 7.05 Å². The molecule has 1 aromatic heterocycles. The van der Waals surface area contributed by atoms with Crippen molar-refractivity contribution < 1.29 is 4.79 Å². The molecule has 0 radical (unpaired) electrons. The van der Waals surface area contributed by atoms with Gasteiger partial charge in [-0.3, -0.25) is 14.3 Å². The lowest BCUT2D eigenvalue weighted by Crippen LogP contribution is -2.49. The van der Waals surface area contributed by atoms with Gasteiger partial charge in [0.05, 0.1) is 5.52 Å². The van der Waals surface area contributed by atoms with Gasteiger partial charge in [0, 0.05) is 30.1 Å². The largest absolute Gasteiger partial charge is 0.348 e. The van der Waals surface area contributed by atoms with Gasteiger partial charge in [-0.15, -0.1) is 12.4 Å². The molecule has 2 fully saturated rings. The maximum absolute atomic E-state index is 12.9. The molecule has 1 N–H and O–H groups in total. The van der Waals surface area contributed by atoms with Crippen LogP contribution in [0.4, 0.5) is 0 Å². The third-order valence-electron chi connectivity index (χ3n) is 6.20. The predicted molar refractivity (Wildman–Crippen MR) is 113 cm³/mol. The summed E-state index contributed by atoms with van der Waals surface area (Å²) in [6.45, 7) is 4.74. The molecule has 0 spiro atoms. The van der Waals surface area contributed by atoms with Crippen LogP contribution in [0.3, 0.4) is 0 Å². The number of rotatable bonds is 4. The molecule has 6 nitrogen and oxygen atoms in total. The normalized spacial score (nSPS) is 24.2. The van der Waals surface area contributed by atoms with Gasteiger partial charge in [0.2, 0.25) is 5.43 Å². The number of carbonyl (C=O) groups is 1. The van der Waals surface area contributed by atoms with Crippen molar-refractivity contribution in [2.45, 2.75) is 70.6 Å². The highest BCUT2D eigenvalue weighted by Gasteiger charge is 2.39. The van der Waals surface area contributed by atoms with Crippen LogP contribution in [0.2, 0.25) is 0 Å². The first kappa shape index (κ1) is 20.8. The summed E-state index contributed by atoms with van der Waals surface area (Å²) in [7, 11) is 2.18. The Morgan fingerprint density at radius 3 is 2.57 bits per heavy atom. The smallest absolute Gasteiger partial charge is 0.276 e.